The highest BCUT2D eigenvalue weighted by Crippen LogP contribution is 2.23. The van der Waals surface area contributed by atoms with Gasteiger partial charge < -0.3 is 24.8 Å². The van der Waals surface area contributed by atoms with Gasteiger partial charge in [0, 0.05) is 37.9 Å². The predicted octanol–water partition coefficient (Wildman–Crippen LogP) is 0.726. The summed E-state index contributed by atoms with van der Waals surface area (Å²) in [5.74, 6) is -0.370. The highest BCUT2D eigenvalue weighted by atomic mass is 16.5. The van der Waals surface area contributed by atoms with Gasteiger partial charge in [0.05, 0.1) is 19.8 Å². The van der Waals surface area contributed by atoms with Gasteiger partial charge >= 0.3 is 0 Å². The van der Waals surface area contributed by atoms with Crippen molar-refractivity contribution in [3.8, 4) is 11.1 Å². The zero-order valence-electron chi connectivity index (χ0n) is 15.4. The number of aromatic nitrogens is 1. The molecule has 2 aliphatic heterocycles. The number of carbonyl (C=O) groups excluding carboxylic acids is 3. The molecule has 2 aliphatic rings. The van der Waals surface area contributed by atoms with E-state index in [0.717, 1.165) is 11.1 Å². The largest absolute Gasteiger partial charge is 0.378 e. The van der Waals surface area contributed by atoms with Crippen molar-refractivity contribution in [3.05, 3.63) is 47.8 Å². The van der Waals surface area contributed by atoms with Crippen molar-refractivity contribution >= 4 is 17.7 Å². The molecule has 3 amide bonds. The normalized spacial score (nSPS) is 17.4. The first-order valence-electron chi connectivity index (χ1n) is 9.34. The molecule has 0 radical (unpaired) electrons. The lowest BCUT2D eigenvalue weighted by atomic mass is 10.0. The van der Waals surface area contributed by atoms with Crippen LogP contribution in [0.15, 0.2) is 36.5 Å². The number of carbonyl (C=O) groups is 3. The van der Waals surface area contributed by atoms with E-state index in [1.807, 2.05) is 12.1 Å². The molecule has 2 saturated heterocycles. The van der Waals surface area contributed by atoms with E-state index >= 15 is 0 Å². The number of hydrogen-bond acceptors (Lipinski definition) is 4. The van der Waals surface area contributed by atoms with Crippen molar-refractivity contribution in [2.75, 3.05) is 45.9 Å². The van der Waals surface area contributed by atoms with Crippen molar-refractivity contribution in [2.45, 2.75) is 0 Å². The van der Waals surface area contributed by atoms with Crippen molar-refractivity contribution in [3.63, 3.8) is 0 Å². The average molecular weight is 382 g/mol. The average Bonchev–Trinajstić information content (AvgIpc) is 3.24. The number of aromatic amines is 1. The van der Waals surface area contributed by atoms with Crippen LogP contribution in [0.25, 0.3) is 11.1 Å². The number of nitrogens with one attached hydrogen (secondary N) is 2. The number of nitrogens with zero attached hydrogens (tertiary/aromatic N) is 2. The summed E-state index contributed by atoms with van der Waals surface area (Å²) in [5, 5.41) is 2.72. The van der Waals surface area contributed by atoms with Crippen LogP contribution >= 0.6 is 0 Å². The van der Waals surface area contributed by atoms with Gasteiger partial charge in [-0.3, -0.25) is 14.4 Å². The number of morpholine rings is 1. The molecule has 2 aromatic rings. The van der Waals surface area contributed by atoms with Gasteiger partial charge in [-0.1, -0.05) is 12.1 Å². The highest BCUT2D eigenvalue weighted by molar-refractivity contribution is 5.98. The molecular formula is C20H22N4O4. The molecule has 0 atom stereocenters. The molecule has 3 heterocycles. The second kappa shape index (κ2) is 7.85. The highest BCUT2D eigenvalue weighted by Gasteiger charge is 2.23. The molecule has 0 saturated carbocycles. The van der Waals surface area contributed by atoms with Crippen LogP contribution < -0.4 is 5.32 Å². The maximum absolute atomic E-state index is 12.7. The summed E-state index contributed by atoms with van der Waals surface area (Å²) < 4.78 is 5.29. The van der Waals surface area contributed by atoms with Crippen LogP contribution in [-0.2, 0) is 9.53 Å². The van der Waals surface area contributed by atoms with E-state index < -0.39 is 0 Å². The molecule has 2 N–H and O–H groups in total. The Bertz CT molecular complexity index is 901. The summed E-state index contributed by atoms with van der Waals surface area (Å²) in [5.41, 5.74) is 2.71. The third kappa shape index (κ3) is 3.77. The minimum Gasteiger partial charge on any atom is -0.378 e. The second-order valence-electron chi connectivity index (χ2n) is 6.86. The van der Waals surface area contributed by atoms with Crippen LogP contribution in [0.2, 0.25) is 0 Å². The lowest BCUT2D eigenvalue weighted by Crippen LogP contribution is -2.49. The predicted molar refractivity (Wildman–Crippen MR) is 102 cm³/mol. The minimum atomic E-state index is -0.170. The maximum atomic E-state index is 12.7. The van der Waals surface area contributed by atoms with Crippen molar-refractivity contribution in [2.24, 2.45) is 0 Å². The lowest BCUT2D eigenvalue weighted by molar-refractivity contribution is -0.123. The van der Waals surface area contributed by atoms with Crippen LogP contribution in [0.1, 0.15) is 20.8 Å². The van der Waals surface area contributed by atoms with Crippen LogP contribution in [0, 0.1) is 0 Å². The lowest BCUT2D eigenvalue weighted by Gasteiger charge is -2.26. The minimum absolute atomic E-state index is 0.0545. The second-order valence-corrected chi connectivity index (χ2v) is 6.86. The van der Waals surface area contributed by atoms with E-state index in [9.17, 15) is 14.4 Å². The number of benzene rings is 1. The Morgan fingerprint density at radius 2 is 1.79 bits per heavy atom. The Hall–Kier alpha value is -3.13. The zero-order valence-corrected chi connectivity index (χ0v) is 15.4. The number of hydrogen-bond donors (Lipinski definition) is 2. The quantitative estimate of drug-likeness (QED) is 0.818. The van der Waals surface area contributed by atoms with E-state index in [2.05, 4.69) is 10.3 Å². The standard InChI is InChI=1S/C20H22N4O4/c25-18-13-24(5-4-21-18)19(26)15-3-1-2-14(10-15)16-11-17(22-12-16)20(27)23-6-8-28-9-7-23/h1-3,10-12,22H,4-9,13H2,(H,21,25). The molecule has 0 aliphatic carbocycles. The van der Waals surface area contributed by atoms with Gasteiger partial charge in [-0.2, -0.15) is 0 Å². The van der Waals surface area contributed by atoms with E-state index in [4.69, 9.17) is 4.74 Å². The first-order chi connectivity index (χ1) is 13.6. The fourth-order valence-corrected chi connectivity index (χ4v) is 3.45. The molecule has 0 unspecified atom stereocenters. The fraction of sp³-hybridized carbons (Fsp3) is 0.350. The molecule has 1 aromatic heterocycles. The van der Waals surface area contributed by atoms with E-state index in [0.29, 0.717) is 50.7 Å². The monoisotopic (exact) mass is 382 g/mol. The van der Waals surface area contributed by atoms with Gasteiger partial charge in [-0.05, 0) is 29.3 Å². The number of rotatable bonds is 3. The van der Waals surface area contributed by atoms with Crippen LogP contribution in [0.4, 0.5) is 0 Å². The molecule has 8 heteroatoms. The van der Waals surface area contributed by atoms with Gasteiger partial charge in [0.2, 0.25) is 5.91 Å². The van der Waals surface area contributed by atoms with Gasteiger partial charge in [-0.15, -0.1) is 0 Å². The zero-order chi connectivity index (χ0) is 19.5. The van der Waals surface area contributed by atoms with Crippen LogP contribution in [0.3, 0.4) is 0 Å². The summed E-state index contributed by atoms with van der Waals surface area (Å²) >= 11 is 0. The maximum Gasteiger partial charge on any atom is 0.270 e. The Balaban J connectivity index is 1.51. The third-order valence-electron chi connectivity index (χ3n) is 4.98. The van der Waals surface area contributed by atoms with Crippen molar-refractivity contribution < 1.29 is 19.1 Å². The first kappa shape index (κ1) is 18.2. The number of piperazine rings is 1. The molecule has 4 rings (SSSR count). The fourth-order valence-electron chi connectivity index (χ4n) is 3.45. The number of amides is 3. The smallest absolute Gasteiger partial charge is 0.270 e. The third-order valence-corrected chi connectivity index (χ3v) is 4.98. The summed E-state index contributed by atoms with van der Waals surface area (Å²) in [6.07, 6.45) is 1.77. The van der Waals surface area contributed by atoms with E-state index in [1.165, 1.54) is 0 Å². The number of ether oxygens (including phenoxy) is 1. The Morgan fingerprint density at radius 1 is 0.964 bits per heavy atom. The molecule has 1 aromatic carbocycles. The summed E-state index contributed by atoms with van der Waals surface area (Å²) in [6.45, 7) is 3.31. The summed E-state index contributed by atoms with van der Waals surface area (Å²) in [7, 11) is 0. The molecule has 0 spiro atoms. The SMILES string of the molecule is O=C1CN(C(=O)c2cccc(-c3c[nH]c(C(=O)N4CCOCC4)c3)c2)CCN1. The van der Waals surface area contributed by atoms with Crippen LogP contribution in [0.5, 0.6) is 0 Å². The Labute approximate surface area is 162 Å². The number of H-pyrrole nitrogens is 1. The van der Waals surface area contributed by atoms with E-state index in [-0.39, 0.29) is 24.3 Å². The summed E-state index contributed by atoms with van der Waals surface area (Å²) in [4.78, 5) is 43.2. The Morgan fingerprint density at radius 3 is 2.57 bits per heavy atom. The van der Waals surface area contributed by atoms with Crippen molar-refractivity contribution in [1.29, 1.82) is 0 Å². The topological polar surface area (TPSA) is 94.7 Å². The Kier molecular flexibility index (Phi) is 5.12. The molecule has 0 bridgehead atoms. The summed E-state index contributed by atoms with van der Waals surface area (Å²) in [6, 6.07) is 9.04. The molecule has 146 valence electrons. The van der Waals surface area contributed by atoms with E-state index in [1.54, 1.807) is 34.2 Å². The van der Waals surface area contributed by atoms with Gasteiger partial charge in [-0.25, -0.2) is 0 Å². The molecular weight excluding hydrogens is 360 g/mol. The van der Waals surface area contributed by atoms with Crippen LogP contribution in [-0.4, -0.2) is 78.4 Å². The molecule has 28 heavy (non-hydrogen) atoms. The molecule has 2 fully saturated rings. The first-order valence-corrected chi connectivity index (χ1v) is 9.34. The van der Waals surface area contributed by atoms with Crippen molar-refractivity contribution in [1.82, 2.24) is 20.1 Å². The van der Waals surface area contributed by atoms with Gasteiger partial charge in [0.15, 0.2) is 0 Å². The molecule has 8 nitrogen and oxygen atoms in total. The van der Waals surface area contributed by atoms with Gasteiger partial charge in [0.25, 0.3) is 11.8 Å². The van der Waals surface area contributed by atoms with Gasteiger partial charge in [0.1, 0.15) is 5.69 Å².